The van der Waals surface area contributed by atoms with E-state index in [1.165, 1.54) is 0 Å². The van der Waals surface area contributed by atoms with E-state index < -0.39 is 0 Å². The van der Waals surface area contributed by atoms with Gasteiger partial charge in [0.1, 0.15) is 5.82 Å². The first-order valence-corrected chi connectivity index (χ1v) is 10.3. The minimum absolute atomic E-state index is 0.387. The molecule has 3 rings (SSSR count). The Hall–Kier alpha value is -2.12. The molecular weight excluding hydrogens is 392 g/mol. The van der Waals surface area contributed by atoms with Crippen molar-refractivity contribution in [2.24, 2.45) is 0 Å². The largest absolute Gasteiger partial charge is 0.363 e. The lowest BCUT2D eigenvalue weighted by molar-refractivity contribution is 0.385. The van der Waals surface area contributed by atoms with Crippen molar-refractivity contribution in [2.45, 2.75) is 44.3 Å². The Kier molecular flexibility index (Phi) is 7.28. The number of nitrogens with one attached hydrogen (secondary N) is 3. The molecule has 0 radical (unpaired) electrons. The number of hydrogen-bond acceptors (Lipinski definition) is 5. The van der Waals surface area contributed by atoms with Gasteiger partial charge < -0.3 is 20.9 Å². The zero-order valence-electron chi connectivity index (χ0n) is 16.3. The molecule has 1 aromatic heterocycles. The second kappa shape index (κ2) is 9.89. The Morgan fingerprint density at radius 2 is 1.86 bits per heavy atom. The highest BCUT2D eigenvalue weighted by molar-refractivity contribution is 7.80. The fourth-order valence-electron chi connectivity index (χ4n) is 3.29. The Balaban J connectivity index is 1.41. The van der Waals surface area contributed by atoms with Crippen LogP contribution in [0.1, 0.15) is 31.2 Å². The zero-order valence-corrected chi connectivity index (χ0v) is 17.9. The van der Waals surface area contributed by atoms with Crippen LogP contribution in [0, 0.1) is 0 Å². The topological polar surface area (TPSA) is 65.1 Å². The van der Waals surface area contributed by atoms with Gasteiger partial charge in [0.2, 0.25) is 5.95 Å². The summed E-state index contributed by atoms with van der Waals surface area (Å²) in [6, 6.07) is 10.5. The molecule has 1 aromatic carbocycles. The molecule has 0 atom stereocenters. The molecular formula is C20H27ClN6S. The Labute approximate surface area is 177 Å². The molecule has 8 heteroatoms. The van der Waals surface area contributed by atoms with Gasteiger partial charge in [-0.05, 0) is 55.6 Å². The van der Waals surface area contributed by atoms with Gasteiger partial charge in [0, 0.05) is 43.9 Å². The summed E-state index contributed by atoms with van der Waals surface area (Å²) < 4.78 is 0. The number of aromatic nitrogens is 2. The van der Waals surface area contributed by atoms with E-state index in [1.807, 2.05) is 49.3 Å². The van der Waals surface area contributed by atoms with Crippen molar-refractivity contribution in [3.8, 4) is 0 Å². The summed E-state index contributed by atoms with van der Waals surface area (Å²) in [6.45, 7) is 0.627. The van der Waals surface area contributed by atoms with Crippen molar-refractivity contribution in [1.82, 2.24) is 20.6 Å². The lowest BCUT2D eigenvalue weighted by Crippen LogP contribution is -2.44. The molecule has 1 aliphatic rings. The normalized spacial score (nSPS) is 19.0. The molecule has 6 nitrogen and oxygen atoms in total. The molecule has 2 aromatic rings. The van der Waals surface area contributed by atoms with Crippen molar-refractivity contribution in [3.63, 3.8) is 0 Å². The van der Waals surface area contributed by atoms with Gasteiger partial charge in [-0.1, -0.05) is 29.8 Å². The van der Waals surface area contributed by atoms with Crippen molar-refractivity contribution < 1.29 is 0 Å². The number of anilines is 2. The van der Waals surface area contributed by atoms with Gasteiger partial charge in [-0.15, -0.1) is 0 Å². The van der Waals surface area contributed by atoms with Crippen molar-refractivity contribution in [3.05, 3.63) is 47.1 Å². The van der Waals surface area contributed by atoms with E-state index in [0.717, 1.165) is 42.1 Å². The van der Waals surface area contributed by atoms with E-state index in [1.54, 1.807) is 6.20 Å². The molecule has 3 N–H and O–H groups in total. The number of halogens is 1. The van der Waals surface area contributed by atoms with E-state index in [2.05, 4.69) is 25.9 Å². The fraction of sp³-hybridized carbons (Fsp3) is 0.450. The highest BCUT2D eigenvalue weighted by atomic mass is 35.5. The van der Waals surface area contributed by atoms with Crippen molar-refractivity contribution >= 4 is 40.7 Å². The average Bonchev–Trinajstić information content (AvgIpc) is 2.69. The maximum Gasteiger partial charge on any atom is 0.224 e. The predicted molar refractivity (Wildman–Crippen MR) is 120 cm³/mol. The molecule has 1 fully saturated rings. The van der Waals surface area contributed by atoms with Gasteiger partial charge in [0.25, 0.3) is 0 Å². The maximum absolute atomic E-state index is 6.19. The Bertz CT molecular complexity index is 792. The number of benzene rings is 1. The van der Waals surface area contributed by atoms with Crippen LogP contribution >= 0.6 is 23.8 Å². The third-order valence-electron chi connectivity index (χ3n) is 4.89. The molecule has 0 aliphatic heterocycles. The summed E-state index contributed by atoms with van der Waals surface area (Å²) in [5.41, 5.74) is 1.04. The SMILES string of the molecule is CN(C)c1ccnc(NC2CCC(NC(=S)NCc3ccccc3Cl)CC2)n1. The van der Waals surface area contributed by atoms with Gasteiger partial charge in [-0.25, -0.2) is 4.98 Å². The molecule has 28 heavy (non-hydrogen) atoms. The Morgan fingerprint density at radius 1 is 1.14 bits per heavy atom. The number of hydrogen-bond donors (Lipinski definition) is 3. The van der Waals surface area contributed by atoms with Crippen LogP contribution in [-0.4, -0.2) is 41.3 Å². The third-order valence-corrected chi connectivity index (χ3v) is 5.52. The first kappa shape index (κ1) is 20.6. The minimum Gasteiger partial charge on any atom is -0.363 e. The number of thiocarbonyl (C=S) groups is 1. The van der Waals surface area contributed by atoms with Crippen LogP contribution in [0.25, 0.3) is 0 Å². The van der Waals surface area contributed by atoms with E-state index in [4.69, 9.17) is 23.8 Å². The van der Waals surface area contributed by atoms with Crippen LogP contribution in [0.5, 0.6) is 0 Å². The molecule has 1 heterocycles. The van der Waals surface area contributed by atoms with Gasteiger partial charge >= 0.3 is 0 Å². The summed E-state index contributed by atoms with van der Waals surface area (Å²) in [6.07, 6.45) is 6.01. The van der Waals surface area contributed by atoms with Crippen LogP contribution in [0.4, 0.5) is 11.8 Å². The lowest BCUT2D eigenvalue weighted by Gasteiger charge is -2.30. The minimum atomic E-state index is 0.387. The molecule has 1 saturated carbocycles. The summed E-state index contributed by atoms with van der Waals surface area (Å²) in [5, 5.41) is 11.6. The highest BCUT2D eigenvalue weighted by Crippen LogP contribution is 2.22. The van der Waals surface area contributed by atoms with Crippen LogP contribution in [0.2, 0.25) is 5.02 Å². The maximum atomic E-state index is 6.19. The molecule has 0 amide bonds. The average molecular weight is 419 g/mol. The molecule has 1 aliphatic carbocycles. The van der Waals surface area contributed by atoms with Gasteiger partial charge in [-0.3, -0.25) is 0 Å². The van der Waals surface area contributed by atoms with Crippen LogP contribution < -0.4 is 20.9 Å². The smallest absolute Gasteiger partial charge is 0.224 e. The van der Waals surface area contributed by atoms with Gasteiger partial charge in [-0.2, -0.15) is 4.98 Å². The molecule has 0 bridgehead atoms. The summed E-state index contributed by atoms with van der Waals surface area (Å²) in [5.74, 6) is 1.60. The van der Waals surface area contributed by atoms with Crippen LogP contribution in [-0.2, 0) is 6.54 Å². The van der Waals surface area contributed by atoms with E-state index in [9.17, 15) is 0 Å². The second-order valence-corrected chi connectivity index (χ2v) is 8.06. The first-order chi connectivity index (χ1) is 13.5. The summed E-state index contributed by atoms with van der Waals surface area (Å²) in [7, 11) is 3.96. The monoisotopic (exact) mass is 418 g/mol. The summed E-state index contributed by atoms with van der Waals surface area (Å²) in [4.78, 5) is 10.9. The molecule has 150 valence electrons. The van der Waals surface area contributed by atoms with Crippen molar-refractivity contribution in [1.29, 1.82) is 0 Å². The molecule has 0 saturated heterocycles. The quantitative estimate of drug-likeness (QED) is 0.619. The van der Waals surface area contributed by atoms with Crippen LogP contribution in [0.3, 0.4) is 0 Å². The van der Waals surface area contributed by atoms with E-state index in [-0.39, 0.29) is 0 Å². The highest BCUT2D eigenvalue weighted by Gasteiger charge is 2.22. The van der Waals surface area contributed by atoms with Gasteiger partial charge in [0.05, 0.1) is 0 Å². The standard InChI is InChI=1S/C20H27ClN6S/c1-27(2)18-11-12-22-19(26-18)24-15-7-9-16(10-8-15)25-20(28)23-13-14-5-3-4-6-17(14)21/h3-6,11-12,15-16H,7-10,13H2,1-2H3,(H,22,24,26)(H2,23,25,28). The van der Waals surface area contributed by atoms with Crippen molar-refractivity contribution in [2.75, 3.05) is 24.3 Å². The first-order valence-electron chi connectivity index (χ1n) is 9.56. The fourth-order valence-corrected chi connectivity index (χ4v) is 3.73. The summed E-state index contributed by atoms with van der Waals surface area (Å²) >= 11 is 11.6. The van der Waals surface area contributed by atoms with Gasteiger partial charge in [0.15, 0.2) is 5.11 Å². The Morgan fingerprint density at radius 3 is 2.57 bits per heavy atom. The zero-order chi connectivity index (χ0) is 19.9. The lowest BCUT2D eigenvalue weighted by atomic mass is 9.91. The number of rotatable bonds is 6. The van der Waals surface area contributed by atoms with Crippen LogP contribution in [0.15, 0.2) is 36.5 Å². The molecule has 0 spiro atoms. The molecule has 0 unspecified atom stereocenters. The number of nitrogens with zero attached hydrogens (tertiary/aromatic N) is 3. The van der Waals surface area contributed by atoms with E-state index in [0.29, 0.717) is 29.7 Å². The van der Waals surface area contributed by atoms with E-state index >= 15 is 0 Å². The third kappa shape index (κ3) is 5.94. The predicted octanol–water partition coefficient (Wildman–Crippen LogP) is 3.58. The second-order valence-electron chi connectivity index (χ2n) is 7.24.